The van der Waals surface area contributed by atoms with Crippen LogP contribution in [-0.2, 0) is 16.1 Å². The number of nitrogens with one attached hydrogen (secondary N) is 1. The summed E-state index contributed by atoms with van der Waals surface area (Å²) >= 11 is 0. The fraction of sp³-hybridized carbons (Fsp3) is 0.480. The molecule has 0 atom stereocenters. The van der Waals surface area contributed by atoms with Crippen LogP contribution in [0.5, 0.6) is 5.75 Å². The molecule has 3 N–H and O–H groups in total. The van der Waals surface area contributed by atoms with Crippen molar-refractivity contribution >= 4 is 28.6 Å². The van der Waals surface area contributed by atoms with Gasteiger partial charge < -0.3 is 24.1 Å². The molecule has 37 heavy (non-hydrogen) atoms. The Morgan fingerprint density at radius 2 is 1.97 bits per heavy atom. The SMILES string of the molecule is COc1ccc(-c2nc(N3CCOCC3)c3ncn(CCCCCCC(=O)NO)c3n2)cc1/C(C)=N/O. The number of oxime groups is 1. The molecule has 0 aliphatic carbocycles. The number of hydroxylamine groups is 1. The Morgan fingerprint density at radius 3 is 2.70 bits per heavy atom. The predicted molar refractivity (Wildman–Crippen MR) is 137 cm³/mol. The molecule has 3 aromatic rings. The quantitative estimate of drug-likeness (QED) is 0.116. The van der Waals surface area contributed by atoms with Gasteiger partial charge in [0.1, 0.15) is 5.75 Å². The molecule has 0 unspecified atom stereocenters. The molecule has 198 valence electrons. The molecule has 2 aromatic heterocycles. The number of hydrogen-bond donors (Lipinski definition) is 3. The smallest absolute Gasteiger partial charge is 0.243 e. The first-order valence-corrected chi connectivity index (χ1v) is 12.4. The molecule has 4 rings (SSSR count). The molecule has 1 aromatic carbocycles. The average Bonchev–Trinajstić information content (AvgIpc) is 3.36. The van der Waals surface area contributed by atoms with Crippen molar-refractivity contribution in [3.05, 3.63) is 30.1 Å². The maximum Gasteiger partial charge on any atom is 0.243 e. The lowest BCUT2D eigenvalue weighted by molar-refractivity contribution is -0.129. The third kappa shape index (κ3) is 6.15. The predicted octanol–water partition coefficient (Wildman–Crippen LogP) is 2.99. The number of aromatic nitrogens is 4. The second kappa shape index (κ2) is 12.5. The summed E-state index contributed by atoms with van der Waals surface area (Å²) in [5.41, 5.74) is 5.00. The van der Waals surface area contributed by atoms with Crippen LogP contribution in [0.15, 0.2) is 29.7 Å². The van der Waals surface area contributed by atoms with Gasteiger partial charge >= 0.3 is 0 Å². The number of aryl methyl sites for hydroxylation is 1. The highest BCUT2D eigenvalue weighted by Gasteiger charge is 2.22. The van der Waals surface area contributed by atoms with Gasteiger partial charge in [0.15, 0.2) is 22.8 Å². The lowest BCUT2D eigenvalue weighted by Gasteiger charge is -2.28. The van der Waals surface area contributed by atoms with Gasteiger partial charge in [-0.3, -0.25) is 10.0 Å². The molecule has 0 spiro atoms. The number of unbranched alkanes of at least 4 members (excludes halogenated alkanes) is 3. The van der Waals surface area contributed by atoms with Crippen LogP contribution in [0.2, 0.25) is 0 Å². The summed E-state index contributed by atoms with van der Waals surface area (Å²) in [6, 6.07) is 5.57. The molecule has 0 radical (unpaired) electrons. The van der Waals surface area contributed by atoms with E-state index in [0.29, 0.717) is 55.6 Å². The lowest BCUT2D eigenvalue weighted by atomic mass is 10.1. The minimum Gasteiger partial charge on any atom is -0.496 e. The van der Waals surface area contributed by atoms with Crippen molar-refractivity contribution in [1.82, 2.24) is 25.0 Å². The molecular formula is C25H33N7O5. The second-order valence-corrected chi connectivity index (χ2v) is 8.88. The third-order valence-corrected chi connectivity index (χ3v) is 6.43. The van der Waals surface area contributed by atoms with Gasteiger partial charge in [-0.1, -0.05) is 18.0 Å². The van der Waals surface area contributed by atoms with Crippen LogP contribution in [0.3, 0.4) is 0 Å². The molecule has 1 aliphatic heterocycles. The van der Waals surface area contributed by atoms with E-state index in [-0.39, 0.29) is 5.91 Å². The molecule has 1 fully saturated rings. The van der Waals surface area contributed by atoms with E-state index in [2.05, 4.69) is 15.0 Å². The van der Waals surface area contributed by atoms with E-state index in [0.717, 1.165) is 54.8 Å². The number of imidazole rings is 1. The minimum atomic E-state index is -0.359. The Kier molecular flexibility index (Phi) is 8.86. The maximum absolute atomic E-state index is 11.2. The molecule has 3 heterocycles. The van der Waals surface area contributed by atoms with Crippen molar-refractivity contribution in [2.45, 2.75) is 45.6 Å². The van der Waals surface area contributed by atoms with E-state index < -0.39 is 0 Å². The van der Waals surface area contributed by atoms with Gasteiger partial charge in [0.2, 0.25) is 5.91 Å². The number of carbonyl (C=O) groups excluding carboxylic acids is 1. The van der Waals surface area contributed by atoms with Crippen LogP contribution in [0.25, 0.3) is 22.6 Å². The molecule has 1 aliphatic rings. The summed E-state index contributed by atoms with van der Waals surface area (Å²) in [7, 11) is 1.57. The number of nitrogens with zero attached hydrogens (tertiary/aromatic N) is 6. The summed E-state index contributed by atoms with van der Waals surface area (Å²) in [5.74, 6) is 1.54. The van der Waals surface area contributed by atoms with Crippen molar-refractivity contribution in [2.75, 3.05) is 38.3 Å². The summed E-state index contributed by atoms with van der Waals surface area (Å²) in [4.78, 5) is 27.8. The largest absolute Gasteiger partial charge is 0.496 e. The van der Waals surface area contributed by atoms with E-state index in [1.165, 1.54) is 0 Å². The number of fused-ring (bicyclic) bond motifs is 1. The number of methoxy groups -OCH3 is 1. The monoisotopic (exact) mass is 511 g/mol. The van der Waals surface area contributed by atoms with E-state index in [9.17, 15) is 10.0 Å². The summed E-state index contributed by atoms with van der Waals surface area (Å²) in [5, 5.41) is 21.3. The lowest BCUT2D eigenvalue weighted by Crippen LogP contribution is -2.37. The van der Waals surface area contributed by atoms with E-state index in [4.69, 9.17) is 24.6 Å². The first-order valence-electron chi connectivity index (χ1n) is 12.4. The van der Waals surface area contributed by atoms with Crippen molar-refractivity contribution in [2.24, 2.45) is 5.16 Å². The number of morpholine rings is 1. The highest BCUT2D eigenvalue weighted by molar-refractivity contribution is 6.01. The Hall–Kier alpha value is -3.77. The highest BCUT2D eigenvalue weighted by atomic mass is 16.5. The Balaban J connectivity index is 1.65. The summed E-state index contributed by atoms with van der Waals surface area (Å²) in [6.07, 6.45) is 5.56. The second-order valence-electron chi connectivity index (χ2n) is 8.88. The van der Waals surface area contributed by atoms with Crippen LogP contribution in [0, 0.1) is 0 Å². The zero-order valence-corrected chi connectivity index (χ0v) is 21.2. The number of ether oxygens (including phenoxy) is 2. The minimum absolute atomic E-state index is 0.314. The van der Waals surface area contributed by atoms with Crippen LogP contribution in [0.4, 0.5) is 5.82 Å². The van der Waals surface area contributed by atoms with E-state index in [1.54, 1.807) is 25.8 Å². The summed E-state index contributed by atoms with van der Waals surface area (Å²) in [6.45, 7) is 5.10. The number of amides is 1. The Labute approximate surface area is 214 Å². The normalized spacial score (nSPS) is 14.2. The zero-order chi connectivity index (χ0) is 26.2. The number of hydrogen-bond acceptors (Lipinski definition) is 10. The molecule has 12 nitrogen and oxygen atoms in total. The zero-order valence-electron chi connectivity index (χ0n) is 21.2. The van der Waals surface area contributed by atoms with Gasteiger partial charge in [-0.05, 0) is 38.0 Å². The molecule has 12 heteroatoms. The van der Waals surface area contributed by atoms with Crippen LogP contribution >= 0.6 is 0 Å². The number of benzene rings is 1. The van der Waals surface area contributed by atoms with Crippen LogP contribution in [0.1, 0.15) is 44.6 Å². The summed E-state index contributed by atoms with van der Waals surface area (Å²) < 4.78 is 13.0. The third-order valence-electron chi connectivity index (χ3n) is 6.43. The fourth-order valence-corrected chi connectivity index (χ4v) is 4.38. The van der Waals surface area contributed by atoms with Crippen molar-refractivity contribution in [3.63, 3.8) is 0 Å². The molecule has 1 saturated heterocycles. The fourth-order valence-electron chi connectivity index (χ4n) is 4.38. The van der Waals surface area contributed by atoms with Gasteiger partial charge in [0.05, 0.1) is 32.4 Å². The van der Waals surface area contributed by atoms with E-state index >= 15 is 0 Å². The molecule has 0 saturated carbocycles. The number of anilines is 1. The topological polar surface area (TPSA) is 147 Å². The van der Waals surface area contributed by atoms with Gasteiger partial charge in [0, 0.05) is 37.2 Å². The van der Waals surface area contributed by atoms with Gasteiger partial charge in [0.25, 0.3) is 0 Å². The standard InChI is InChI=1S/C25H33N7O5/c1-17(29-34)19-15-18(8-9-20(19)36-2)23-27-24(31-11-13-37-14-12-31)22-25(28-23)32(16-26-22)10-6-4-3-5-7-21(33)30-35/h8-9,15-16,34-35H,3-7,10-14H2,1-2H3,(H,30,33)/b29-17+. The average molecular weight is 512 g/mol. The van der Waals surface area contributed by atoms with Crippen molar-refractivity contribution in [3.8, 4) is 17.1 Å². The van der Waals surface area contributed by atoms with Gasteiger partial charge in [-0.25, -0.2) is 20.4 Å². The van der Waals surface area contributed by atoms with E-state index in [1.807, 2.05) is 22.8 Å². The van der Waals surface area contributed by atoms with Crippen LogP contribution in [-0.4, -0.2) is 75.0 Å². The molecule has 1 amide bonds. The number of carbonyl (C=O) groups is 1. The van der Waals surface area contributed by atoms with Crippen molar-refractivity contribution < 1.29 is 24.7 Å². The Bertz CT molecular complexity index is 1250. The molecular weight excluding hydrogens is 478 g/mol. The highest BCUT2D eigenvalue weighted by Crippen LogP contribution is 2.30. The number of rotatable bonds is 11. The maximum atomic E-state index is 11.2. The first kappa shape index (κ1) is 26.3. The Morgan fingerprint density at radius 1 is 1.19 bits per heavy atom. The first-order chi connectivity index (χ1) is 18.0. The van der Waals surface area contributed by atoms with Crippen molar-refractivity contribution in [1.29, 1.82) is 0 Å². The van der Waals surface area contributed by atoms with Gasteiger partial charge in [-0.15, -0.1) is 0 Å². The molecule has 0 bridgehead atoms. The van der Waals surface area contributed by atoms with Crippen LogP contribution < -0.4 is 15.1 Å². The van der Waals surface area contributed by atoms with Gasteiger partial charge in [-0.2, -0.15) is 0 Å².